The van der Waals surface area contributed by atoms with Crippen LogP contribution in [-0.2, 0) is 10.5 Å². The van der Waals surface area contributed by atoms with Crippen LogP contribution >= 0.6 is 23.5 Å². The number of thioether (sulfide) groups is 2. The normalized spacial score (nSPS) is 10.6. The Morgan fingerprint density at radius 1 is 1.29 bits per heavy atom. The number of aromatic nitrogens is 2. The summed E-state index contributed by atoms with van der Waals surface area (Å²) in [4.78, 5) is 30.8. The number of hydrogen-bond acceptors (Lipinski definition) is 5. The third-order valence-electron chi connectivity index (χ3n) is 3.22. The first kappa shape index (κ1) is 18.6. The molecule has 7 heteroatoms. The molecule has 2 N–H and O–H groups in total. The van der Waals surface area contributed by atoms with Crippen LogP contribution in [0.15, 0.2) is 34.2 Å². The zero-order valence-electron chi connectivity index (χ0n) is 14.0. The van der Waals surface area contributed by atoms with Crippen LogP contribution < -0.4 is 10.9 Å². The van der Waals surface area contributed by atoms with Crippen LogP contribution in [0.3, 0.4) is 0 Å². The van der Waals surface area contributed by atoms with Crippen molar-refractivity contribution in [3.05, 3.63) is 51.4 Å². The number of nitrogens with one attached hydrogen (secondary N) is 2. The largest absolute Gasteiger partial charge is 0.325 e. The quantitative estimate of drug-likeness (QED) is 0.583. The van der Waals surface area contributed by atoms with Crippen molar-refractivity contribution < 1.29 is 4.79 Å². The lowest BCUT2D eigenvalue weighted by Gasteiger charge is -2.09. The monoisotopic (exact) mass is 363 g/mol. The Bertz CT molecular complexity index is 775. The second-order valence-corrected chi connectivity index (χ2v) is 7.57. The van der Waals surface area contributed by atoms with Gasteiger partial charge in [0.05, 0.1) is 11.4 Å². The van der Waals surface area contributed by atoms with Gasteiger partial charge in [-0.2, -0.15) is 11.8 Å². The third kappa shape index (κ3) is 5.72. The van der Waals surface area contributed by atoms with E-state index in [0.29, 0.717) is 10.9 Å². The van der Waals surface area contributed by atoms with Crippen molar-refractivity contribution in [1.82, 2.24) is 9.97 Å². The summed E-state index contributed by atoms with van der Waals surface area (Å²) in [6, 6.07) is 7.39. The summed E-state index contributed by atoms with van der Waals surface area (Å²) in [5.41, 5.74) is 3.54. The average molecular weight is 364 g/mol. The average Bonchev–Trinajstić information content (AvgIpc) is 2.53. The molecule has 0 fully saturated rings. The van der Waals surface area contributed by atoms with Crippen molar-refractivity contribution in [2.45, 2.75) is 31.7 Å². The number of benzene rings is 1. The number of carbonyl (C=O) groups is 1. The van der Waals surface area contributed by atoms with Gasteiger partial charge in [0.25, 0.3) is 5.56 Å². The van der Waals surface area contributed by atoms with Crippen LogP contribution in [0.5, 0.6) is 0 Å². The molecular weight excluding hydrogens is 342 g/mol. The van der Waals surface area contributed by atoms with Crippen molar-refractivity contribution >= 4 is 35.1 Å². The first-order chi connectivity index (χ1) is 11.5. The van der Waals surface area contributed by atoms with Crippen molar-refractivity contribution in [2.75, 3.05) is 16.8 Å². The molecule has 2 aromatic rings. The summed E-state index contributed by atoms with van der Waals surface area (Å²) < 4.78 is 0. The molecule has 1 heterocycles. The van der Waals surface area contributed by atoms with E-state index in [1.165, 1.54) is 17.8 Å². The van der Waals surface area contributed by atoms with E-state index in [9.17, 15) is 9.59 Å². The minimum absolute atomic E-state index is 0.122. The van der Waals surface area contributed by atoms with Crippen LogP contribution in [-0.4, -0.2) is 27.4 Å². The standard InChI is InChI=1S/C17H21N3O2S2/c1-4-23-9-13-8-15(21)20-17(18-13)24-10-16(22)19-14-6-5-11(2)7-12(14)3/h5-8H,4,9-10H2,1-3H3,(H,19,22)(H,18,20,21). The van der Waals surface area contributed by atoms with Crippen LogP contribution in [0.25, 0.3) is 0 Å². The lowest BCUT2D eigenvalue weighted by atomic mass is 10.1. The molecule has 1 aromatic heterocycles. The Morgan fingerprint density at radius 3 is 2.79 bits per heavy atom. The molecule has 1 aromatic carbocycles. The Labute approximate surface area is 150 Å². The summed E-state index contributed by atoms with van der Waals surface area (Å²) in [7, 11) is 0. The fourth-order valence-corrected chi connectivity index (χ4v) is 3.36. The van der Waals surface area contributed by atoms with Gasteiger partial charge in [-0.1, -0.05) is 36.4 Å². The molecule has 24 heavy (non-hydrogen) atoms. The molecule has 0 bridgehead atoms. The van der Waals surface area contributed by atoms with Gasteiger partial charge in [0.2, 0.25) is 5.91 Å². The maximum absolute atomic E-state index is 12.1. The summed E-state index contributed by atoms with van der Waals surface area (Å²) in [5.74, 6) is 1.74. The van der Waals surface area contributed by atoms with Gasteiger partial charge in [0.1, 0.15) is 0 Å². The zero-order chi connectivity index (χ0) is 17.5. The van der Waals surface area contributed by atoms with Gasteiger partial charge in [0, 0.05) is 17.5 Å². The fourth-order valence-electron chi connectivity index (χ4n) is 2.11. The van der Waals surface area contributed by atoms with E-state index in [-0.39, 0.29) is 17.2 Å². The molecule has 0 aliphatic heterocycles. The van der Waals surface area contributed by atoms with Gasteiger partial charge in [-0.3, -0.25) is 9.59 Å². The topological polar surface area (TPSA) is 74.8 Å². The molecule has 0 spiro atoms. The first-order valence-electron chi connectivity index (χ1n) is 7.66. The Morgan fingerprint density at radius 2 is 2.08 bits per heavy atom. The number of anilines is 1. The highest BCUT2D eigenvalue weighted by molar-refractivity contribution is 7.99. The van der Waals surface area contributed by atoms with Crippen LogP contribution in [0.2, 0.25) is 0 Å². The van der Waals surface area contributed by atoms with E-state index < -0.39 is 0 Å². The molecule has 0 saturated heterocycles. The van der Waals surface area contributed by atoms with Gasteiger partial charge in [0.15, 0.2) is 5.16 Å². The van der Waals surface area contributed by atoms with Crippen LogP contribution in [0.4, 0.5) is 5.69 Å². The number of carbonyl (C=O) groups excluding carboxylic acids is 1. The minimum Gasteiger partial charge on any atom is -0.325 e. The van der Waals surface area contributed by atoms with Crippen LogP contribution in [0.1, 0.15) is 23.7 Å². The molecule has 0 aliphatic rings. The second-order valence-electron chi connectivity index (χ2n) is 5.33. The number of hydrogen-bond donors (Lipinski definition) is 2. The van der Waals surface area contributed by atoms with Crippen molar-refractivity contribution in [1.29, 1.82) is 0 Å². The predicted molar refractivity (Wildman–Crippen MR) is 102 cm³/mol. The molecule has 0 aliphatic carbocycles. The Balaban J connectivity index is 1.96. The van der Waals surface area contributed by atoms with E-state index in [2.05, 4.69) is 22.2 Å². The Hall–Kier alpha value is -1.73. The summed E-state index contributed by atoms with van der Waals surface area (Å²) in [6.45, 7) is 6.04. The van der Waals surface area contributed by atoms with Gasteiger partial charge in [-0.05, 0) is 31.2 Å². The molecule has 1 amide bonds. The van der Waals surface area contributed by atoms with E-state index in [4.69, 9.17) is 0 Å². The van der Waals surface area contributed by atoms with Crippen LogP contribution in [0, 0.1) is 13.8 Å². The highest BCUT2D eigenvalue weighted by Gasteiger charge is 2.08. The highest BCUT2D eigenvalue weighted by Crippen LogP contribution is 2.18. The molecular formula is C17H21N3O2S2. The smallest absolute Gasteiger partial charge is 0.251 e. The maximum atomic E-state index is 12.1. The number of nitrogens with zero attached hydrogens (tertiary/aromatic N) is 1. The molecule has 0 atom stereocenters. The molecule has 0 radical (unpaired) electrons. The number of amides is 1. The lowest BCUT2D eigenvalue weighted by Crippen LogP contribution is -2.16. The molecule has 0 unspecified atom stereocenters. The van der Waals surface area contributed by atoms with E-state index in [1.54, 1.807) is 11.8 Å². The molecule has 0 saturated carbocycles. The van der Waals surface area contributed by atoms with E-state index >= 15 is 0 Å². The SMILES string of the molecule is CCSCc1cc(=O)[nH]c(SCC(=O)Nc2ccc(C)cc2C)n1. The maximum Gasteiger partial charge on any atom is 0.251 e. The first-order valence-corrected chi connectivity index (χ1v) is 9.80. The number of aromatic amines is 1. The zero-order valence-corrected chi connectivity index (χ0v) is 15.6. The third-order valence-corrected chi connectivity index (χ3v) is 5.00. The van der Waals surface area contributed by atoms with Gasteiger partial charge < -0.3 is 10.3 Å². The Kier molecular flexibility index (Phi) is 6.93. The minimum atomic E-state index is -0.186. The van der Waals surface area contributed by atoms with E-state index in [1.807, 2.05) is 32.0 Å². The van der Waals surface area contributed by atoms with Crippen molar-refractivity contribution in [3.8, 4) is 0 Å². The number of H-pyrrole nitrogens is 1. The predicted octanol–water partition coefficient (Wildman–Crippen LogP) is 3.37. The lowest BCUT2D eigenvalue weighted by molar-refractivity contribution is -0.113. The van der Waals surface area contributed by atoms with Gasteiger partial charge in [-0.15, -0.1) is 0 Å². The molecule has 5 nitrogen and oxygen atoms in total. The number of rotatable bonds is 7. The summed E-state index contributed by atoms with van der Waals surface area (Å²) in [6.07, 6.45) is 0. The summed E-state index contributed by atoms with van der Waals surface area (Å²) >= 11 is 2.93. The van der Waals surface area contributed by atoms with Crippen molar-refractivity contribution in [3.63, 3.8) is 0 Å². The molecule has 128 valence electrons. The van der Waals surface area contributed by atoms with E-state index in [0.717, 1.165) is 28.3 Å². The van der Waals surface area contributed by atoms with Gasteiger partial charge >= 0.3 is 0 Å². The van der Waals surface area contributed by atoms with Crippen molar-refractivity contribution in [2.24, 2.45) is 0 Å². The number of aryl methyl sites for hydroxylation is 2. The highest BCUT2D eigenvalue weighted by atomic mass is 32.2. The summed E-state index contributed by atoms with van der Waals surface area (Å²) in [5, 5.41) is 3.36. The van der Waals surface area contributed by atoms with Gasteiger partial charge in [-0.25, -0.2) is 4.98 Å². The molecule has 2 rings (SSSR count). The second kappa shape index (κ2) is 8.94. The fraction of sp³-hybridized carbons (Fsp3) is 0.353.